The van der Waals surface area contributed by atoms with E-state index in [-0.39, 0.29) is 5.41 Å². The molecule has 9 aromatic carbocycles. The monoisotopic (exact) mass is 753 g/mol. The molecular weight excluding hydrogens is 715 g/mol. The maximum absolute atomic E-state index is 6.81. The molecule has 0 saturated heterocycles. The van der Waals surface area contributed by atoms with Crippen molar-refractivity contribution in [1.29, 1.82) is 0 Å². The Labute approximate surface area is 345 Å². The summed E-state index contributed by atoms with van der Waals surface area (Å²) in [6, 6.07) is 73.4. The first-order valence-corrected chi connectivity index (χ1v) is 20.5. The zero-order chi connectivity index (χ0) is 39.2. The van der Waals surface area contributed by atoms with Crippen LogP contribution in [-0.4, -0.2) is 0 Å². The molecule has 0 fully saturated rings. The van der Waals surface area contributed by atoms with Crippen molar-refractivity contribution >= 4 is 17.1 Å². The molecule has 9 aromatic rings. The lowest BCUT2D eigenvalue weighted by Crippen LogP contribution is -2.26. The van der Waals surface area contributed by atoms with Crippen molar-refractivity contribution < 1.29 is 4.74 Å². The molecule has 0 unspecified atom stereocenters. The van der Waals surface area contributed by atoms with Crippen LogP contribution >= 0.6 is 0 Å². The van der Waals surface area contributed by atoms with Gasteiger partial charge in [-0.05, 0) is 128 Å². The second-order valence-electron chi connectivity index (χ2n) is 16.2. The molecule has 278 valence electrons. The maximum Gasteiger partial charge on any atom is 0.152 e. The first-order chi connectivity index (χ1) is 29.1. The molecule has 0 bridgehead atoms. The molecule has 0 radical (unpaired) electrons. The summed E-state index contributed by atoms with van der Waals surface area (Å²) in [6.07, 6.45) is 0. The van der Waals surface area contributed by atoms with E-state index in [1.165, 1.54) is 66.8 Å². The average molecular weight is 754 g/mol. The largest absolute Gasteiger partial charge is 0.453 e. The van der Waals surface area contributed by atoms with E-state index in [9.17, 15) is 0 Å². The van der Waals surface area contributed by atoms with Gasteiger partial charge >= 0.3 is 0 Å². The van der Waals surface area contributed by atoms with Gasteiger partial charge in [-0.3, -0.25) is 0 Å². The Morgan fingerprint density at radius 3 is 1.47 bits per heavy atom. The molecule has 0 saturated carbocycles. The fourth-order valence-electron chi connectivity index (χ4n) is 10.2. The van der Waals surface area contributed by atoms with Crippen molar-refractivity contribution in [2.75, 3.05) is 4.90 Å². The Balaban J connectivity index is 1.02. The molecule has 0 amide bonds. The van der Waals surface area contributed by atoms with Crippen LogP contribution in [-0.2, 0) is 5.41 Å². The fraction of sp³-hybridized carbons (Fsp3) is 0.0526. The predicted molar refractivity (Wildman–Crippen MR) is 243 cm³/mol. The number of hydrogen-bond donors (Lipinski definition) is 0. The SMILES string of the molecule is Cc1ccc2c(c1)C1(c3ccccc3-c3ccccc31)c1cc(C)cc(-c3ccc(N4c5ccc(-c6ccccc6)cc5Oc5cc(-c6ccccc6)ccc54)cc3)c1-2. The number of benzene rings is 9. The van der Waals surface area contributed by atoms with Gasteiger partial charge in [0.2, 0.25) is 0 Å². The van der Waals surface area contributed by atoms with Crippen molar-refractivity contribution in [2.24, 2.45) is 0 Å². The highest BCUT2D eigenvalue weighted by molar-refractivity contribution is 6.00. The van der Waals surface area contributed by atoms with Crippen LogP contribution in [0.5, 0.6) is 11.5 Å². The normalized spacial score (nSPS) is 13.5. The highest BCUT2D eigenvalue weighted by Gasteiger charge is 2.52. The van der Waals surface area contributed by atoms with Gasteiger partial charge in [0.05, 0.1) is 16.8 Å². The molecule has 0 aromatic heterocycles. The molecule has 12 rings (SSSR count). The molecule has 3 aliphatic rings. The number of rotatable bonds is 4. The molecule has 1 heterocycles. The van der Waals surface area contributed by atoms with E-state index in [1.807, 2.05) is 0 Å². The zero-order valence-electron chi connectivity index (χ0n) is 32.9. The Kier molecular flexibility index (Phi) is 7.31. The topological polar surface area (TPSA) is 12.5 Å². The summed E-state index contributed by atoms with van der Waals surface area (Å²) in [5, 5.41) is 0. The number of nitrogens with zero attached hydrogens (tertiary/aromatic N) is 1. The van der Waals surface area contributed by atoms with E-state index in [1.54, 1.807) is 0 Å². The molecule has 1 aliphatic heterocycles. The number of hydrogen-bond acceptors (Lipinski definition) is 2. The highest BCUT2D eigenvalue weighted by atomic mass is 16.5. The van der Waals surface area contributed by atoms with Crippen LogP contribution < -0.4 is 9.64 Å². The van der Waals surface area contributed by atoms with Crippen LogP contribution in [0.15, 0.2) is 200 Å². The van der Waals surface area contributed by atoms with Gasteiger partial charge in [-0.15, -0.1) is 0 Å². The van der Waals surface area contributed by atoms with Crippen molar-refractivity contribution in [3.05, 3.63) is 234 Å². The van der Waals surface area contributed by atoms with E-state index in [2.05, 4.69) is 219 Å². The van der Waals surface area contributed by atoms with Gasteiger partial charge in [0.1, 0.15) is 0 Å². The average Bonchev–Trinajstić information content (AvgIpc) is 3.75. The minimum absolute atomic E-state index is 0.386. The number of ether oxygens (including phenoxy) is 1. The lowest BCUT2D eigenvalue weighted by atomic mass is 9.70. The minimum Gasteiger partial charge on any atom is -0.453 e. The van der Waals surface area contributed by atoms with Gasteiger partial charge in [0.15, 0.2) is 11.5 Å². The van der Waals surface area contributed by atoms with E-state index in [0.717, 1.165) is 50.8 Å². The Hall–Kier alpha value is -7.42. The first kappa shape index (κ1) is 33.7. The summed E-state index contributed by atoms with van der Waals surface area (Å²) in [5.74, 6) is 1.66. The van der Waals surface area contributed by atoms with Gasteiger partial charge in [0, 0.05) is 5.69 Å². The van der Waals surface area contributed by atoms with Crippen molar-refractivity contribution in [3.8, 4) is 67.1 Å². The third kappa shape index (κ3) is 4.93. The maximum atomic E-state index is 6.81. The standard InChI is InChI=1S/C57H39NO/c1-36-21-28-46-50(32-36)57(48-19-11-9-17-44(48)45-18-10-12-20-49(45)57)51-33-37(2)31-47(56(46)51)40-22-26-43(27-23-40)58-52-29-24-41(38-13-5-3-6-14-38)34-54(52)59-55-35-42(25-30-53(55)58)39-15-7-4-8-16-39/h3-35H,1-2H3. The molecule has 2 nitrogen and oxygen atoms in total. The summed E-state index contributed by atoms with van der Waals surface area (Å²) in [6.45, 7) is 4.48. The predicted octanol–water partition coefficient (Wildman–Crippen LogP) is 15.2. The molecule has 1 spiro atoms. The number of aryl methyl sites for hydroxylation is 2. The second kappa shape index (κ2) is 12.8. The summed E-state index contributed by atoms with van der Waals surface area (Å²) in [7, 11) is 0. The number of fused-ring (bicyclic) bond motifs is 12. The Morgan fingerprint density at radius 1 is 0.356 bits per heavy atom. The Morgan fingerprint density at radius 2 is 0.881 bits per heavy atom. The van der Waals surface area contributed by atoms with Crippen molar-refractivity contribution in [2.45, 2.75) is 19.3 Å². The van der Waals surface area contributed by atoms with E-state index < -0.39 is 0 Å². The summed E-state index contributed by atoms with van der Waals surface area (Å²) in [5.41, 5.74) is 23.1. The van der Waals surface area contributed by atoms with Crippen molar-refractivity contribution in [1.82, 2.24) is 0 Å². The lowest BCUT2D eigenvalue weighted by Gasteiger charge is -2.33. The fourth-order valence-corrected chi connectivity index (χ4v) is 10.2. The highest BCUT2D eigenvalue weighted by Crippen LogP contribution is 2.64. The summed E-state index contributed by atoms with van der Waals surface area (Å²) < 4.78 is 6.81. The third-order valence-corrected chi connectivity index (χ3v) is 12.8. The summed E-state index contributed by atoms with van der Waals surface area (Å²) in [4.78, 5) is 2.35. The van der Waals surface area contributed by atoms with Gasteiger partial charge < -0.3 is 9.64 Å². The van der Waals surface area contributed by atoms with Gasteiger partial charge in [-0.2, -0.15) is 0 Å². The molecule has 59 heavy (non-hydrogen) atoms. The van der Waals surface area contributed by atoms with Crippen LogP contribution in [0, 0.1) is 13.8 Å². The van der Waals surface area contributed by atoms with Crippen LogP contribution in [0.3, 0.4) is 0 Å². The molecule has 2 heteroatoms. The molecule has 2 aliphatic carbocycles. The lowest BCUT2D eigenvalue weighted by molar-refractivity contribution is 0.477. The smallest absolute Gasteiger partial charge is 0.152 e. The van der Waals surface area contributed by atoms with E-state index >= 15 is 0 Å². The summed E-state index contributed by atoms with van der Waals surface area (Å²) >= 11 is 0. The van der Waals surface area contributed by atoms with Crippen LogP contribution in [0.2, 0.25) is 0 Å². The number of anilines is 3. The van der Waals surface area contributed by atoms with Gasteiger partial charge in [-0.1, -0.05) is 175 Å². The van der Waals surface area contributed by atoms with Gasteiger partial charge in [-0.25, -0.2) is 0 Å². The zero-order valence-corrected chi connectivity index (χ0v) is 32.9. The first-order valence-electron chi connectivity index (χ1n) is 20.5. The van der Waals surface area contributed by atoms with Gasteiger partial charge in [0.25, 0.3) is 0 Å². The molecule has 0 N–H and O–H groups in total. The van der Waals surface area contributed by atoms with Crippen LogP contribution in [0.25, 0.3) is 55.6 Å². The van der Waals surface area contributed by atoms with Crippen LogP contribution in [0.1, 0.15) is 33.4 Å². The second-order valence-corrected chi connectivity index (χ2v) is 16.2. The molecular formula is C57H39NO. The Bertz CT molecular complexity index is 3010. The van der Waals surface area contributed by atoms with E-state index in [0.29, 0.717) is 0 Å². The third-order valence-electron chi connectivity index (χ3n) is 12.8. The van der Waals surface area contributed by atoms with Crippen molar-refractivity contribution in [3.63, 3.8) is 0 Å². The minimum atomic E-state index is -0.386. The molecule has 0 atom stereocenters. The quantitative estimate of drug-likeness (QED) is 0.177. The van der Waals surface area contributed by atoms with E-state index in [4.69, 9.17) is 4.74 Å². The van der Waals surface area contributed by atoms with Crippen LogP contribution in [0.4, 0.5) is 17.1 Å².